The second-order valence-electron chi connectivity index (χ2n) is 3.77. The first-order valence-corrected chi connectivity index (χ1v) is 5.45. The molecule has 94 valence electrons. The minimum absolute atomic E-state index is 0.0693. The van der Waals surface area contributed by atoms with Gasteiger partial charge in [-0.05, 0) is 31.2 Å². The SMILES string of the molecule is CC(=O)c1cccnc1Oc1ccc(C#N)c(F)c1. The molecule has 0 radical (unpaired) electrons. The lowest BCUT2D eigenvalue weighted by Crippen LogP contribution is -1.99. The van der Waals surface area contributed by atoms with E-state index >= 15 is 0 Å². The summed E-state index contributed by atoms with van der Waals surface area (Å²) in [5.41, 5.74) is 0.243. The molecule has 1 aromatic heterocycles. The predicted octanol–water partition coefficient (Wildman–Crippen LogP) is 3.09. The van der Waals surface area contributed by atoms with E-state index in [4.69, 9.17) is 10.00 Å². The zero-order valence-electron chi connectivity index (χ0n) is 10.1. The van der Waals surface area contributed by atoms with Crippen LogP contribution in [0, 0.1) is 17.1 Å². The maximum Gasteiger partial charge on any atom is 0.230 e. The first-order valence-electron chi connectivity index (χ1n) is 5.45. The Balaban J connectivity index is 2.34. The summed E-state index contributed by atoms with van der Waals surface area (Å²) in [6.07, 6.45) is 1.47. The Bertz CT molecular complexity index is 677. The quantitative estimate of drug-likeness (QED) is 0.791. The average Bonchev–Trinajstić information content (AvgIpc) is 2.39. The van der Waals surface area contributed by atoms with Crippen molar-refractivity contribution in [3.05, 3.63) is 53.5 Å². The van der Waals surface area contributed by atoms with E-state index in [1.54, 1.807) is 18.2 Å². The Kier molecular flexibility index (Phi) is 3.53. The van der Waals surface area contributed by atoms with Crippen LogP contribution in [0.15, 0.2) is 36.5 Å². The lowest BCUT2D eigenvalue weighted by molar-refractivity contribution is 0.101. The molecule has 0 spiro atoms. The Morgan fingerprint density at radius 2 is 2.21 bits per heavy atom. The van der Waals surface area contributed by atoms with Crippen LogP contribution < -0.4 is 4.74 Å². The Hall–Kier alpha value is -2.74. The van der Waals surface area contributed by atoms with Crippen molar-refractivity contribution in [2.75, 3.05) is 0 Å². The van der Waals surface area contributed by atoms with Crippen molar-refractivity contribution < 1.29 is 13.9 Å². The number of carbonyl (C=O) groups excluding carboxylic acids is 1. The Morgan fingerprint density at radius 3 is 2.84 bits per heavy atom. The monoisotopic (exact) mass is 256 g/mol. The summed E-state index contributed by atoms with van der Waals surface area (Å²) in [7, 11) is 0. The van der Waals surface area contributed by atoms with Crippen LogP contribution in [-0.4, -0.2) is 10.8 Å². The lowest BCUT2D eigenvalue weighted by atomic mass is 10.2. The van der Waals surface area contributed by atoms with Crippen LogP contribution in [0.2, 0.25) is 0 Å². The van der Waals surface area contributed by atoms with Gasteiger partial charge in [0.05, 0.1) is 11.1 Å². The number of ketones is 1. The molecule has 2 rings (SSSR count). The normalized spacial score (nSPS) is 9.74. The molecule has 5 heteroatoms. The smallest absolute Gasteiger partial charge is 0.230 e. The summed E-state index contributed by atoms with van der Waals surface area (Å²) in [5.74, 6) is -0.589. The third-order valence-corrected chi connectivity index (χ3v) is 2.43. The van der Waals surface area contributed by atoms with E-state index in [0.717, 1.165) is 6.07 Å². The molecule has 0 bridgehead atoms. The molecular weight excluding hydrogens is 247 g/mol. The van der Waals surface area contributed by atoms with Gasteiger partial charge >= 0.3 is 0 Å². The highest BCUT2D eigenvalue weighted by Gasteiger charge is 2.11. The first-order chi connectivity index (χ1) is 9.11. The van der Waals surface area contributed by atoms with Crippen molar-refractivity contribution >= 4 is 5.78 Å². The number of carbonyl (C=O) groups is 1. The largest absolute Gasteiger partial charge is 0.438 e. The number of benzene rings is 1. The highest BCUT2D eigenvalue weighted by molar-refractivity contribution is 5.96. The maximum atomic E-state index is 13.4. The molecular formula is C14H9FN2O2. The minimum Gasteiger partial charge on any atom is -0.438 e. The first kappa shape index (κ1) is 12.7. The topological polar surface area (TPSA) is 63.0 Å². The number of aromatic nitrogens is 1. The second-order valence-corrected chi connectivity index (χ2v) is 3.77. The summed E-state index contributed by atoms with van der Waals surface area (Å²) >= 11 is 0. The molecule has 2 aromatic rings. The van der Waals surface area contributed by atoms with Gasteiger partial charge in [0, 0.05) is 12.3 Å². The van der Waals surface area contributed by atoms with Gasteiger partial charge in [-0.3, -0.25) is 4.79 Å². The van der Waals surface area contributed by atoms with Crippen LogP contribution in [0.25, 0.3) is 0 Å². The number of halogens is 1. The number of hydrogen-bond donors (Lipinski definition) is 0. The average molecular weight is 256 g/mol. The fraction of sp³-hybridized carbons (Fsp3) is 0.0714. The zero-order chi connectivity index (χ0) is 13.8. The van der Waals surface area contributed by atoms with Crippen LogP contribution in [0.1, 0.15) is 22.8 Å². The van der Waals surface area contributed by atoms with Gasteiger partial charge in [-0.15, -0.1) is 0 Å². The summed E-state index contributed by atoms with van der Waals surface area (Å²) in [4.78, 5) is 15.3. The number of ether oxygens (including phenoxy) is 1. The molecule has 0 atom stereocenters. The molecule has 0 saturated carbocycles. The molecule has 0 aliphatic heterocycles. The molecule has 19 heavy (non-hydrogen) atoms. The highest BCUT2D eigenvalue weighted by atomic mass is 19.1. The van der Waals surface area contributed by atoms with Gasteiger partial charge in [0.2, 0.25) is 5.88 Å². The minimum atomic E-state index is -0.680. The van der Waals surface area contributed by atoms with Gasteiger partial charge in [0.15, 0.2) is 5.78 Å². The van der Waals surface area contributed by atoms with E-state index in [1.807, 2.05) is 0 Å². The second kappa shape index (κ2) is 5.27. The van der Waals surface area contributed by atoms with Gasteiger partial charge in [-0.25, -0.2) is 9.37 Å². The molecule has 0 N–H and O–H groups in total. The van der Waals surface area contributed by atoms with E-state index in [2.05, 4.69) is 4.98 Å². The maximum absolute atomic E-state index is 13.4. The number of nitriles is 1. The number of hydrogen-bond acceptors (Lipinski definition) is 4. The van der Waals surface area contributed by atoms with Gasteiger partial charge < -0.3 is 4.74 Å². The van der Waals surface area contributed by atoms with Crippen LogP contribution in [0.5, 0.6) is 11.6 Å². The third kappa shape index (κ3) is 2.75. The Morgan fingerprint density at radius 1 is 1.42 bits per heavy atom. The summed E-state index contributed by atoms with van der Waals surface area (Å²) < 4.78 is 18.8. The standard InChI is InChI=1S/C14H9FN2O2/c1-9(18)12-3-2-6-17-14(12)19-11-5-4-10(8-16)13(15)7-11/h2-7H,1H3. The van der Waals surface area contributed by atoms with Crippen LogP contribution >= 0.6 is 0 Å². The summed E-state index contributed by atoms with van der Waals surface area (Å²) in [6, 6.07) is 8.74. The fourth-order valence-electron chi connectivity index (χ4n) is 1.50. The van der Waals surface area contributed by atoms with Crippen molar-refractivity contribution in [2.45, 2.75) is 6.92 Å². The highest BCUT2D eigenvalue weighted by Crippen LogP contribution is 2.24. The molecule has 1 heterocycles. The molecule has 0 amide bonds. The molecule has 4 nitrogen and oxygen atoms in total. The third-order valence-electron chi connectivity index (χ3n) is 2.43. The molecule has 0 unspecified atom stereocenters. The number of rotatable bonds is 3. The van der Waals surface area contributed by atoms with Crippen molar-refractivity contribution in [3.63, 3.8) is 0 Å². The molecule has 0 fully saturated rings. The van der Waals surface area contributed by atoms with E-state index < -0.39 is 5.82 Å². The van der Waals surface area contributed by atoms with Crippen molar-refractivity contribution in [1.29, 1.82) is 5.26 Å². The van der Waals surface area contributed by atoms with Crippen LogP contribution in [0.4, 0.5) is 4.39 Å². The van der Waals surface area contributed by atoms with Gasteiger partial charge in [-0.1, -0.05) is 0 Å². The lowest BCUT2D eigenvalue weighted by Gasteiger charge is -2.08. The molecule has 0 aliphatic rings. The van der Waals surface area contributed by atoms with Crippen molar-refractivity contribution in [1.82, 2.24) is 4.98 Å². The van der Waals surface area contributed by atoms with E-state index in [0.29, 0.717) is 5.56 Å². The molecule has 0 saturated heterocycles. The Labute approximate surface area is 109 Å². The van der Waals surface area contributed by atoms with Crippen LogP contribution in [0.3, 0.4) is 0 Å². The van der Waals surface area contributed by atoms with E-state index in [1.165, 1.54) is 25.3 Å². The van der Waals surface area contributed by atoms with E-state index in [9.17, 15) is 9.18 Å². The van der Waals surface area contributed by atoms with Gasteiger partial charge in [0.1, 0.15) is 17.6 Å². The zero-order valence-corrected chi connectivity index (χ0v) is 10.1. The van der Waals surface area contributed by atoms with Crippen LogP contribution in [-0.2, 0) is 0 Å². The number of pyridine rings is 1. The van der Waals surface area contributed by atoms with Crippen molar-refractivity contribution in [2.24, 2.45) is 0 Å². The van der Waals surface area contributed by atoms with Gasteiger partial charge in [-0.2, -0.15) is 5.26 Å². The number of nitrogens with zero attached hydrogens (tertiary/aromatic N) is 2. The van der Waals surface area contributed by atoms with Crippen molar-refractivity contribution in [3.8, 4) is 17.7 Å². The van der Waals surface area contributed by atoms with Gasteiger partial charge in [0.25, 0.3) is 0 Å². The summed E-state index contributed by atoms with van der Waals surface area (Å²) in [5, 5.41) is 8.63. The van der Waals surface area contributed by atoms with E-state index in [-0.39, 0.29) is 23.0 Å². The molecule has 1 aromatic carbocycles. The summed E-state index contributed by atoms with van der Waals surface area (Å²) in [6.45, 7) is 1.39. The molecule has 0 aliphatic carbocycles. The number of Topliss-reactive ketones (excluding diaryl/α,β-unsaturated/α-hetero) is 1. The predicted molar refractivity (Wildman–Crippen MR) is 65.4 cm³/mol. The fourth-order valence-corrected chi connectivity index (χ4v) is 1.50.